The minimum absolute atomic E-state index is 0.120. The van der Waals surface area contributed by atoms with Crippen LogP contribution in [0.3, 0.4) is 0 Å². The van der Waals surface area contributed by atoms with Crippen molar-refractivity contribution in [3.8, 4) is 0 Å². The molecule has 0 atom stereocenters. The van der Waals surface area contributed by atoms with Crippen molar-refractivity contribution >= 4 is 45.0 Å². The van der Waals surface area contributed by atoms with E-state index in [2.05, 4.69) is 5.32 Å². The number of hydrogen-bond donors (Lipinski definition) is 1. The molecule has 0 aromatic heterocycles. The summed E-state index contributed by atoms with van der Waals surface area (Å²) in [5.74, 6) is 0.916. The summed E-state index contributed by atoms with van der Waals surface area (Å²) < 4.78 is 26.8. The zero-order valence-corrected chi connectivity index (χ0v) is 17.8. The maximum atomic E-state index is 12.6. The van der Waals surface area contributed by atoms with Gasteiger partial charge in [0.1, 0.15) is 0 Å². The smallest absolute Gasteiger partial charge is 0.243 e. The fraction of sp³-hybridized carbons (Fsp3) is 0.350. The highest BCUT2D eigenvalue weighted by molar-refractivity contribution is 7.99. The lowest BCUT2D eigenvalue weighted by atomic mass is 10.2. The molecule has 1 fully saturated rings. The molecule has 0 radical (unpaired) electrons. The summed E-state index contributed by atoms with van der Waals surface area (Å²) >= 11 is 7.37. The number of halogens is 1. The Balaban J connectivity index is 1.50. The van der Waals surface area contributed by atoms with Gasteiger partial charge < -0.3 is 5.32 Å². The highest BCUT2D eigenvalue weighted by Gasteiger charge is 2.25. The van der Waals surface area contributed by atoms with E-state index >= 15 is 0 Å². The van der Waals surface area contributed by atoms with Gasteiger partial charge in [0.25, 0.3) is 0 Å². The third-order valence-electron chi connectivity index (χ3n) is 4.51. The first-order valence-corrected chi connectivity index (χ1v) is 12.1. The van der Waals surface area contributed by atoms with Gasteiger partial charge in [-0.2, -0.15) is 4.31 Å². The largest absolute Gasteiger partial charge is 0.325 e. The first-order chi connectivity index (χ1) is 13.4. The lowest BCUT2D eigenvalue weighted by Gasteiger charge is -2.25. The number of nitrogens with zero attached hydrogens (tertiary/aromatic N) is 1. The Bertz CT molecular complexity index is 894. The van der Waals surface area contributed by atoms with E-state index in [4.69, 9.17) is 11.6 Å². The Morgan fingerprint density at radius 2 is 1.64 bits per heavy atom. The molecule has 0 spiro atoms. The minimum atomic E-state index is -3.45. The lowest BCUT2D eigenvalue weighted by Crippen LogP contribution is -2.35. The fourth-order valence-corrected chi connectivity index (χ4v) is 5.43. The molecule has 1 amide bonds. The van der Waals surface area contributed by atoms with E-state index in [1.54, 1.807) is 24.3 Å². The van der Waals surface area contributed by atoms with Gasteiger partial charge in [-0.3, -0.25) is 4.79 Å². The number of piperidine rings is 1. The highest BCUT2D eigenvalue weighted by atomic mass is 35.5. The first-order valence-electron chi connectivity index (χ1n) is 9.17. The number of anilines is 1. The van der Waals surface area contributed by atoms with Crippen molar-refractivity contribution < 1.29 is 13.2 Å². The predicted octanol–water partition coefficient (Wildman–Crippen LogP) is 4.39. The second kappa shape index (κ2) is 9.78. The number of nitrogens with one attached hydrogen (secondary N) is 1. The molecule has 3 rings (SSSR count). The van der Waals surface area contributed by atoms with Gasteiger partial charge in [-0.25, -0.2) is 8.42 Å². The second-order valence-electron chi connectivity index (χ2n) is 6.66. The molecule has 2 aromatic carbocycles. The third-order valence-corrected chi connectivity index (χ3v) is 7.67. The van der Waals surface area contributed by atoms with Crippen molar-refractivity contribution in [3.63, 3.8) is 0 Å². The van der Waals surface area contributed by atoms with Gasteiger partial charge in [-0.1, -0.05) is 30.2 Å². The molecule has 8 heteroatoms. The van der Waals surface area contributed by atoms with Gasteiger partial charge in [-0.05, 0) is 54.8 Å². The topological polar surface area (TPSA) is 66.5 Å². The van der Waals surface area contributed by atoms with Gasteiger partial charge in [0, 0.05) is 29.6 Å². The predicted molar refractivity (Wildman–Crippen MR) is 115 cm³/mol. The molecule has 0 aliphatic carbocycles. The molecule has 1 saturated heterocycles. The number of amides is 1. The van der Waals surface area contributed by atoms with Crippen LogP contribution in [0.25, 0.3) is 0 Å². The van der Waals surface area contributed by atoms with Crippen molar-refractivity contribution in [1.82, 2.24) is 4.31 Å². The molecular formula is C20H23ClN2O3S2. The molecule has 0 unspecified atom stereocenters. The number of carbonyl (C=O) groups is 1. The average Bonchev–Trinajstić information content (AvgIpc) is 2.70. The van der Waals surface area contributed by atoms with Gasteiger partial charge in [0.05, 0.1) is 10.6 Å². The summed E-state index contributed by atoms with van der Waals surface area (Å²) in [6.07, 6.45) is 2.88. The molecule has 1 aliphatic rings. The third kappa shape index (κ3) is 5.73. The number of sulfonamides is 1. The Hall–Kier alpha value is -1.54. The van der Waals surface area contributed by atoms with Crippen LogP contribution in [0.1, 0.15) is 24.8 Å². The van der Waals surface area contributed by atoms with Crippen molar-refractivity contribution in [2.45, 2.75) is 29.9 Å². The van der Waals surface area contributed by atoms with Crippen LogP contribution >= 0.6 is 23.4 Å². The molecule has 150 valence electrons. The SMILES string of the molecule is O=C(CSCc1ccc(Cl)cc1)Nc1ccc(S(=O)(=O)N2CCCCC2)cc1. The molecule has 1 N–H and O–H groups in total. The number of hydrogen-bond acceptors (Lipinski definition) is 4. The lowest BCUT2D eigenvalue weighted by molar-refractivity contribution is -0.113. The van der Waals surface area contributed by atoms with Crippen LogP contribution in [0.4, 0.5) is 5.69 Å². The molecule has 0 saturated carbocycles. The molecule has 2 aromatic rings. The molecule has 1 aliphatic heterocycles. The van der Waals surface area contributed by atoms with Crippen LogP contribution in [-0.2, 0) is 20.6 Å². The summed E-state index contributed by atoms with van der Waals surface area (Å²) in [6, 6.07) is 13.9. The van der Waals surface area contributed by atoms with Crippen LogP contribution in [0.5, 0.6) is 0 Å². The molecule has 0 bridgehead atoms. The van der Waals surface area contributed by atoms with Gasteiger partial charge in [-0.15, -0.1) is 11.8 Å². The van der Waals surface area contributed by atoms with Crippen LogP contribution in [0.2, 0.25) is 5.02 Å². The maximum absolute atomic E-state index is 12.6. The van der Waals surface area contributed by atoms with Crippen LogP contribution < -0.4 is 5.32 Å². The second-order valence-corrected chi connectivity index (χ2v) is 10.0. The minimum Gasteiger partial charge on any atom is -0.325 e. The van der Waals surface area contributed by atoms with Crippen LogP contribution in [0, 0.1) is 0 Å². The zero-order valence-electron chi connectivity index (χ0n) is 15.4. The van der Waals surface area contributed by atoms with E-state index in [9.17, 15) is 13.2 Å². The number of thioether (sulfide) groups is 1. The van der Waals surface area contributed by atoms with Gasteiger partial charge >= 0.3 is 0 Å². The van der Waals surface area contributed by atoms with Crippen LogP contribution in [0.15, 0.2) is 53.4 Å². The van der Waals surface area contributed by atoms with E-state index < -0.39 is 10.0 Å². The summed E-state index contributed by atoms with van der Waals surface area (Å²) in [5, 5.41) is 3.50. The van der Waals surface area contributed by atoms with E-state index in [0.717, 1.165) is 30.6 Å². The normalized spacial score (nSPS) is 15.3. The zero-order chi connectivity index (χ0) is 20.0. The summed E-state index contributed by atoms with van der Waals surface area (Å²) in [4.78, 5) is 12.4. The van der Waals surface area contributed by atoms with E-state index in [1.165, 1.54) is 16.1 Å². The summed E-state index contributed by atoms with van der Waals surface area (Å²) in [7, 11) is -3.45. The molecule has 1 heterocycles. The van der Waals surface area contributed by atoms with Crippen molar-refractivity contribution in [2.75, 3.05) is 24.2 Å². The summed E-state index contributed by atoms with van der Waals surface area (Å²) in [5.41, 5.74) is 1.70. The molecule has 28 heavy (non-hydrogen) atoms. The number of benzene rings is 2. The average molecular weight is 439 g/mol. The Morgan fingerprint density at radius 1 is 1.00 bits per heavy atom. The first kappa shape index (κ1) is 21.2. The maximum Gasteiger partial charge on any atom is 0.243 e. The van der Waals surface area contributed by atoms with Crippen molar-refractivity contribution in [3.05, 3.63) is 59.1 Å². The monoisotopic (exact) mass is 438 g/mol. The number of rotatable bonds is 7. The van der Waals surface area contributed by atoms with Gasteiger partial charge in [0.2, 0.25) is 15.9 Å². The van der Waals surface area contributed by atoms with Crippen molar-refractivity contribution in [1.29, 1.82) is 0 Å². The Labute approximate surface area is 175 Å². The standard InChI is InChI=1S/C20H23ClN2O3S2/c21-17-6-4-16(5-7-17)14-27-15-20(24)22-18-8-10-19(11-9-18)28(25,26)23-12-2-1-3-13-23/h4-11H,1-3,12-15H2,(H,22,24). The van der Waals surface area contributed by atoms with Gasteiger partial charge in [0.15, 0.2) is 0 Å². The fourth-order valence-electron chi connectivity index (χ4n) is 3.00. The Morgan fingerprint density at radius 3 is 2.29 bits per heavy atom. The van der Waals surface area contributed by atoms with E-state index in [-0.39, 0.29) is 10.8 Å². The van der Waals surface area contributed by atoms with E-state index in [0.29, 0.717) is 29.6 Å². The quantitative estimate of drug-likeness (QED) is 0.696. The number of carbonyl (C=O) groups excluding carboxylic acids is 1. The van der Waals surface area contributed by atoms with Crippen LogP contribution in [-0.4, -0.2) is 37.5 Å². The Kier molecular flexibility index (Phi) is 7.40. The van der Waals surface area contributed by atoms with Crippen molar-refractivity contribution in [2.24, 2.45) is 0 Å². The highest BCUT2D eigenvalue weighted by Crippen LogP contribution is 2.22. The molecular weight excluding hydrogens is 416 g/mol. The molecule has 5 nitrogen and oxygen atoms in total. The van der Waals surface area contributed by atoms with E-state index in [1.807, 2.05) is 24.3 Å². The summed E-state index contributed by atoms with van der Waals surface area (Å²) in [6.45, 7) is 1.15.